The highest BCUT2D eigenvalue weighted by molar-refractivity contribution is 6.30. The number of carbonyl (C=O) groups is 2. The van der Waals surface area contributed by atoms with E-state index in [0.717, 1.165) is 11.1 Å². The van der Waals surface area contributed by atoms with Crippen LogP contribution in [0.2, 0.25) is 5.02 Å². The first-order valence-electron chi connectivity index (χ1n) is 8.34. The molecule has 0 aliphatic heterocycles. The van der Waals surface area contributed by atoms with E-state index >= 15 is 0 Å². The highest BCUT2D eigenvalue weighted by atomic mass is 35.5. The lowest BCUT2D eigenvalue weighted by Gasteiger charge is -2.09. The molecule has 3 rings (SSSR count). The molecule has 6 heteroatoms. The summed E-state index contributed by atoms with van der Waals surface area (Å²) in [4.78, 5) is 28.9. The predicted octanol–water partition coefficient (Wildman–Crippen LogP) is 4.86. The maximum absolute atomic E-state index is 12.5. The number of hydrogen-bond acceptors (Lipinski definition) is 3. The third-order valence-corrected chi connectivity index (χ3v) is 4.37. The topological polar surface area (TPSA) is 71.1 Å². The largest absolute Gasteiger partial charge is 0.322 e. The SMILES string of the molecule is Cc1ccc(NC(=O)c2ccnc(C(=O)Nc3ccc(Cl)cc3)c2)cc1C. The lowest BCUT2D eigenvalue weighted by atomic mass is 10.1. The highest BCUT2D eigenvalue weighted by Crippen LogP contribution is 2.16. The number of nitrogens with zero attached hydrogens (tertiary/aromatic N) is 1. The molecule has 0 aliphatic rings. The van der Waals surface area contributed by atoms with Crippen molar-refractivity contribution in [3.05, 3.63) is 88.2 Å². The molecule has 136 valence electrons. The number of benzene rings is 2. The molecule has 2 amide bonds. The molecule has 0 unspecified atom stereocenters. The molecule has 0 atom stereocenters. The van der Waals surface area contributed by atoms with Gasteiger partial charge in [-0.15, -0.1) is 0 Å². The van der Waals surface area contributed by atoms with Crippen LogP contribution in [-0.4, -0.2) is 16.8 Å². The fraction of sp³-hybridized carbons (Fsp3) is 0.0952. The van der Waals surface area contributed by atoms with E-state index in [1.165, 1.54) is 12.3 Å². The van der Waals surface area contributed by atoms with Gasteiger partial charge in [-0.1, -0.05) is 17.7 Å². The molecule has 1 aromatic heterocycles. The molecule has 0 aliphatic carbocycles. The Labute approximate surface area is 162 Å². The van der Waals surface area contributed by atoms with E-state index in [4.69, 9.17) is 11.6 Å². The molecule has 0 saturated heterocycles. The maximum Gasteiger partial charge on any atom is 0.274 e. The third kappa shape index (κ3) is 4.71. The molecule has 0 fully saturated rings. The van der Waals surface area contributed by atoms with Gasteiger partial charge in [0.1, 0.15) is 5.69 Å². The average Bonchev–Trinajstić information content (AvgIpc) is 2.66. The fourth-order valence-electron chi connectivity index (χ4n) is 2.45. The van der Waals surface area contributed by atoms with Crippen LogP contribution in [0.1, 0.15) is 32.0 Å². The Morgan fingerprint density at radius 1 is 0.815 bits per heavy atom. The zero-order chi connectivity index (χ0) is 19.4. The first-order chi connectivity index (χ1) is 12.9. The highest BCUT2D eigenvalue weighted by Gasteiger charge is 2.13. The van der Waals surface area contributed by atoms with Gasteiger partial charge in [-0.05, 0) is 73.5 Å². The van der Waals surface area contributed by atoms with E-state index < -0.39 is 5.91 Å². The number of amides is 2. The molecule has 1 heterocycles. The van der Waals surface area contributed by atoms with Crippen LogP contribution in [0.25, 0.3) is 0 Å². The minimum atomic E-state index is -0.404. The van der Waals surface area contributed by atoms with E-state index in [1.807, 2.05) is 32.0 Å². The fourth-order valence-corrected chi connectivity index (χ4v) is 2.57. The Kier molecular flexibility index (Phi) is 5.52. The van der Waals surface area contributed by atoms with Gasteiger partial charge in [-0.25, -0.2) is 0 Å². The first-order valence-corrected chi connectivity index (χ1v) is 8.72. The van der Waals surface area contributed by atoms with Gasteiger partial charge in [0.15, 0.2) is 0 Å². The van der Waals surface area contributed by atoms with Crippen LogP contribution in [0, 0.1) is 13.8 Å². The number of nitrogens with one attached hydrogen (secondary N) is 2. The Morgan fingerprint density at radius 3 is 2.19 bits per heavy atom. The van der Waals surface area contributed by atoms with Crippen LogP contribution in [-0.2, 0) is 0 Å². The van der Waals surface area contributed by atoms with Crippen LogP contribution in [0.5, 0.6) is 0 Å². The third-order valence-electron chi connectivity index (χ3n) is 4.12. The van der Waals surface area contributed by atoms with Crippen molar-refractivity contribution in [3.63, 3.8) is 0 Å². The number of aromatic nitrogens is 1. The molecular weight excluding hydrogens is 362 g/mol. The minimum Gasteiger partial charge on any atom is -0.322 e. The van der Waals surface area contributed by atoms with Crippen LogP contribution in [0.15, 0.2) is 60.8 Å². The standard InChI is InChI=1S/C21H18ClN3O2/c1-13-3-6-18(11-14(13)2)25-20(26)15-9-10-23-19(12-15)21(27)24-17-7-4-16(22)5-8-17/h3-12H,1-2H3,(H,24,27)(H,25,26). The van der Waals surface area contributed by atoms with E-state index in [2.05, 4.69) is 15.6 Å². The zero-order valence-corrected chi connectivity index (χ0v) is 15.7. The van der Waals surface area contributed by atoms with Crippen LogP contribution < -0.4 is 10.6 Å². The van der Waals surface area contributed by atoms with Crippen LogP contribution >= 0.6 is 11.6 Å². The molecule has 0 bridgehead atoms. The van der Waals surface area contributed by atoms with Gasteiger partial charge in [0, 0.05) is 28.2 Å². The lowest BCUT2D eigenvalue weighted by Crippen LogP contribution is -2.17. The average molecular weight is 380 g/mol. The lowest BCUT2D eigenvalue weighted by molar-refractivity contribution is 0.102. The number of halogens is 1. The summed E-state index contributed by atoms with van der Waals surface area (Å²) in [5, 5.41) is 6.14. The molecule has 0 saturated carbocycles. The summed E-state index contributed by atoms with van der Waals surface area (Å²) >= 11 is 5.84. The molecule has 5 nitrogen and oxygen atoms in total. The van der Waals surface area contributed by atoms with Gasteiger partial charge in [-0.2, -0.15) is 0 Å². The maximum atomic E-state index is 12.5. The van der Waals surface area contributed by atoms with E-state index in [0.29, 0.717) is 22.0 Å². The van der Waals surface area contributed by atoms with Gasteiger partial charge in [0.2, 0.25) is 0 Å². The summed E-state index contributed by atoms with van der Waals surface area (Å²) in [6.45, 7) is 3.99. The molecule has 3 aromatic rings. The molecular formula is C21H18ClN3O2. The summed E-state index contributed by atoms with van der Waals surface area (Å²) in [6, 6.07) is 15.5. The van der Waals surface area contributed by atoms with Gasteiger partial charge in [0.25, 0.3) is 11.8 Å². The Morgan fingerprint density at radius 2 is 1.48 bits per heavy atom. The Bertz CT molecular complexity index is 1000. The van der Waals surface area contributed by atoms with E-state index in [-0.39, 0.29) is 11.6 Å². The molecule has 0 radical (unpaired) electrons. The van der Waals surface area contributed by atoms with E-state index in [1.54, 1.807) is 30.3 Å². The van der Waals surface area contributed by atoms with Crippen molar-refractivity contribution in [2.75, 3.05) is 10.6 Å². The first kappa shape index (κ1) is 18.6. The number of hydrogen-bond donors (Lipinski definition) is 2. The summed E-state index contributed by atoms with van der Waals surface area (Å²) in [5.74, 6) is -0.709. The number of carbonyl (C=O) groups excluding carboxylic acids is 2. The molecule has 27 heavy (non-hydrogen) atoms. The van der Waals surface area contributed by atoms with Gasteiger partial charge in [0.05, 0.1) is 0 Å². The number of aryl methyl sites for hydroxylation is 2. The molecule has 2 aromatic carbocycles. The van der Waals surface area contributed by atoms with Crippen molar-refractivity contribution in [2.45, 2.75) is 13.8 Å². The van der Waals surface area contributed by atoms with Gasteiger partial charge >= 0.3 is 0 Å². The van der Waals surface area contributed by atoms with Gasteiger partial charge < -0.3 is 10.6 Å². The predicted molar refractivity (Wildman–Crippen MR) is 108 cm³/mol. The summed E-state index contributed by atoms with van der Waals surface area (Å²) in [6.07, 6.45) is 1.44. The zero-order valence-electron chi connectivity index (χ0n) is 14.9. The van der Waals surface area contributed by atoms with Crippen molar-refractivity contribution < 1.29 is 9.59 Å². The van der Waals surface area contributed by atoms with Crippen LogP contribution in [0.4, 0.5) is 11.4 Å². The van der Waals surface area contributed by atoms with Crippen molar-refractivity contribution in [3.8, 4) is 0 Å². The Hall–Kier alpha value is -3.18. The smallest absolute Gasteiger partial charge is 0.274 e. The van der Waals surface area contributed by atoms with Crippen molar-refractivity contribution in [1.29, 1.82) is 0 Å². The van der Waals surface area contributed by atoms with E-state index in [9.17, 15) is 9.59 Å². The quantitative estimate of drug-likeness (QED) is 0.680. The van der Waals surface area contributed by atoms with Gasteiger partial charge in [-0.3, -0.25) is 14.6 Å². The van der Waals surface area contributed by atoms with Crippen molar-refractivity contribution in [2.24, 2.45) is 0 Å². The summed E-state index contributed by atoms with van der Waals surface area (Å²) in [5.41, 5.74) is 4.04. The summed E-state index contributed by atoms with van der Waals surface area (Å²) < 4.78 is 0. The Balaban J connectivity index is 1.73. The molecule has 0 spiro atoms. The normalized spacial score (nSPS) is 10.3. The van der Waals surface area contributed by atoms with Crippen molar-refractivity contribution >= 4 is 34.8 Å². The second-order valence-electron chi connectivity index (χ2n) is 6.14. The number of pyridine rings is 1. The van der Waals surface area contributed by atoms with Crippen molar-refractivity contribution in [1.82, 2.24) is 4.98 Å². The van der Waals surface area contributed by atoms with Crippen LogP contribution in [0.3, 0.4) is 0 Å². The number of rotatable bonds is 4. The number of anilines is 2. The minimum absolute atomic E-state index is 0.151. The monoisotopic (exact) mass is 379 g/mol. The second-order valence-corrected chi connectivity index (χ2v) is 6.58. The summed E-state index contributed by atoms with van der Waals surface area (Å²) in [7, 11) is 0. The second kappa shape index (κ2) is 8.01. The molecule has 2 N–H and O–H groups in total.